The van der Waals surface area contributed by atoms with Crippen LogP contribution in [0.2, 0.25) is 0 Å². The number of benzene rings is 2. The molecule has 1 aliphatic carbocycles. The smallest absolute Gasteiger partial charge is 0.261 e. The zero-order valence-electron chi connectivity index (χ0n) is 21.9. The minimum atomic E-state index is -3.25. The van der Waals surface area contributed by atoms with Crippen LogP contribution in [0.15, 0.2) is 53.4 Å². The average Bonchev–Trinajstić information content (AvgIpc) is 3.73. The molecule has 1 saturated carbocycles. The van der Waals surface area contributed by atoms with Gasteiger partial charge in [0.05, 0.1) is 10.5 Å². The van der Waals surface area contributed by atoms with Crippen LogP contribution < -0.4 is 10.1 Å². The van der Waals surface area contributed by atoms with Crippen LogP contribution in [0, 0.1) is 0 Å². The van der Waals surface area contributed by atoms with Gasteiger partial charge in [0.15, 0.2) is 16.4 Å². The summed E-state index contributed by atoms with van der Waals surface area (Å²) >= 11 is 0. The van der Waals surface area contributed by atoms with Crippen molar-refractivity contribution in [2.24, 2.45) is 0 Å². The Morgan fingerprint density at radius 3 is 2.21 bits per heavy atom. The SMILES string of the molecule is CC(=O)N1CCC(N(C(=O)COc2ccccc2C(=O)NCCc2ccc(S(C)(=O)=O)cc2)C2CC2)CC1. The molecular weight excluding hydrogens is 506 g/mol. The Morgan fingerprint density at radius 1 is 0.974 bits per heavy atom. The van der Waals surface area contributed by atoms with Crippen LogP contribution in [-0.2, 0) is 25.8 Å². The predicted molar refractivity (Wildman–Crippen MR) is 143 cm³/mol. The summed E-state index contributed by atoms with van der Waals surface area (Å²) in [6.45, 7) is 3.09. The van der Waals surface area contributed by atoms with Gasteiger partial charge in [-0.15, -0.1) is 0 Å². The molecule has 2 fully saturated rings. The number of nitrogens with one attached hydrogen (secondary N) is 1. The second-order valence-corrected chi connectivity index (χ2v) is 12.0. The van der Waals surface area contributed by atoms with E-state index in [1.165, 1.54) is 0 Å². The van der Waals surface area contributed by atoms with Crippen molar-refractivity contribution >= 4 is 27.6 Å². The Hall–Kier alpha value is -3.40. The van der Waals surface area contributed by atoms with E-state index in [9.17, 15) is 22.8 Å². The summed E-state index contributed by atoms with van der Waals surface area (Å²) in [5, 5.41) is 2.87. The van der Waals surface area contributed by atoms with Gasteiger partial charge in [0.25, 0.3) is 11.8 Å². The van der Waals surface area contributed by atoms with E-state index in [4.69, 9.17) is 4.74 Å². The van der Waals surface area contributed by atoms with Crippen molar-refractivity contribution in [1.29, 1.82) is 0 Å². The van der Waals surface area contributed by atoms with Gasteiger partial charge in [0.1, 0.15) is 5.75 Å². The van der Waals surface area contributed by atoms with Crippen LogP contribution in [0.4, 0.5) is 0 Å². The number of sulfone groups is 1. The van der Waals surface area contributed by atoms with Crippen molar-refractivity contribution in [2.45, 2.75) is 56.0 Å². The third-order valence-corrected chi connectivity index (χ3v) is 8.19. The minimum absolute atomic E-state index is 0.0656. The molecule has 1 saturated heterocycles. The topological polar surface area (TPSA) is 113 Å². The number of amides is 3. The zero-order valence-corrected chi connectivity index (χ0v) is 22.7. The molecule has 0 atom stereocenters. The van der Waals surface area contributed by atoms with E-state index >= 15 is 0 Å². The highest BCUT2D eigenvalue weighted by Gasteiger charge is 2.39. The summed E-state index contributed by atoms with van der Waals surface area (Å²) in [6.07, 6.45) is 5.19. The third-order valence-electron chi connectivity index (χ3n) is 7.07. The molecule has 2 aromatic carbocycles. The van der Waals surface area contributed by atoms with E-state index in [-0.39, 0.29) is 41.3 Å². The Kier molecular flexibility index (Phi) is 8.71. The normalized spacial score (nSPS) is 16.1. The summed E-state index contributed by atoms with van der Waals surface area (Å²) in [7, 11) is -3.25. The first-order valence-electron chi connectivity index (χ1n) is 13.0. The Morgan fingerprint density at radius 2 is 1.61 bits per heavy atom. The number of piperidine rings is 1. The number of para-hydroxylation sites is 1. The Bertz CT molecular complexity index is 1270. The number of rotatable bonds is 10. The van der Waals surface area contributed by atoms with E-state index in [2.05, 4.69) is 5.32 Å². The molecule has 0 bridgehead atoms. The number of hydrogen-bond donors (Lipinski definition) is 1. The fraction of sp³-hybridized carbons (Fsp3) is 0.464. The van der Waals surface area contributed by atoms with Crippen molar-refractivity contribution in [3.63, 3.8) is 0 Å². The summed E-state index contributed by atoms with van der Waals surface area (Å²) in [6, 6.07) is 13.8. The van der Waals surface area contributed by atoms with Crippen LogP contribution >= 0.6 is 0 Å². The van der Waals surface area contributed by atoms with E-state index in [1.807, 2.05) is 9.80 Å². The molecule has 2 aliphatic rings. The number of likely N-dealkylation sites (tertiary alicyclic amines) is 1. The maximum atomic E-state index is 13.2. The number of nitrogens with zero attached hydrogens (tertiary/aromatic N) is 2. The standard InChI is InChI=1S/C28H35N3O6S/c1-20(32)30-17-14-23(15-18-30)31(22-9-10-22)27(33)19-37-26-6-4-3-5-25(26)28(34)29-16-13-21-7-11-24(12-8-21)38(2,35)36/h3-8,11-12,22-23H,9-10,13-19H2,1-2H3,(H,29,34). The molecule has 9 nitrogen and oxygen atoms in total. The van der Waals surface area contributed by atoms with Crippen LogP contribution in [0.3, 0.4) is 0 Å². The number of carbonyl (C=O) groups is 3. The highest BCUT2D eigenvalue weighted by Crippen LogP contribution is 2.32. The van der Waals surface area contributed by atoms with Crippen molar-refractivity contribution in [2.75, 3.05) is 32.5 Å². The second kappa shape index (κ2) is 12.0. The van der Waals surface area contributed by atoms with Crippen molar-refractivity contribution in [3.05, 3.63) is 59.7 Å². The van der Waals surface area contributed by atoms with Gasteiger partial charge in [-0.25, -0.2) is 8.42 Å². The van der Waals surface area contributed by atoms with Crippen molar-refractivity contribution < 1.29 is 27.5 Å². The van der Waals surface area contributed by atoms with Crippen LogP contribution in [0.25, 0.3) is 0 Å². The lowest BCUT2D eigenvalue weighted by Gasteiger charge is -2.38. The van der Waals surface area contributed by atoms with Gasteiger partial charge in [0, 0.05) is 44.9 Å². The molecule has 4 rings (SSSR count). The summed E-state index contributed by atoms with van der Waals surface area (Å²) in [5.74, 6) is 0.00630. The molecule has 204 valence electrons. The van der Waals surface area contributed by atoms with Crippen LogP contribution in [-0.4, -0.2) is 80.5 Å². The van der Waals surface area contributed by atoms with Gasteiger partial charge in [-0.05, 0) is 61.9 Å². The maximum Gasteiger partial charge on any atom is 0.261 e. The van der Waals surface area contributed by atoms with E-state index in [1.54, 1.807) is 55.5 Å². The highest BCUT2D eigenvalue weighted by molar-refractivity contribution is 7.90. The van der Waals surface area contributed by atoms with Gasteiger partial charge in [-0.3, -0.25) is 14.4 Å². The highest BCUT2D eigenvalue weighted by atomic mass is 32.2. The van der Waals surface area contributed by atoms with Crippen LogP contribution in [0.5, 0.6) is 5.75 Å². The Labute approximate surface area is 224 Å². The average molecular weight is 542 g/mol. The molecule has 38 heavy (non-hydrogen) atoms. The summed E-state index contributed by atoms with van der Waals surface area (Å²) in [5.41, 5.74) is 1.25. The number of hydrogen-bond acceptors (Lipinski definition) is 6. The van der Waals surface area contributed by atoms with Crippen molar-refractivity contribution in [3.8, 4) is 5.75 Å². The fourth-order valence-electron chi connectivity index (χ4n) is 4.83. The maximum absolute atomic E-state index is 13.2. The molecule has 3 amide bonds. The fourth-order valence-corrected chi connectivity index (χ4v) is 5.46. The molecule has 1 aliphatic heterocycles. The summed E-state index contributed by atoms with van der Waals surface area (Å²) in [4.78, 5) is 41.7. The lowest BCUT2D eigenvalue weighted by molar-refractivity contribution is -0.138. The summed E-state index contributed by atoms with van der Waals surface area (Å²) < 4.78 is 29.1. The second-order valence-electron chi connectivity index (χ2n) is 9.98. The molecular formula is C28H35N3O6S. The molecule has 1 heterocycles. The van der Waals surface area contributed by atoms with E-state index in [0.29, 0.717) is 37.4 Å². The molecule has 2 aromatic rings. The molecule has 0 spiro atoms. The first kappa shape index (κ1) is 27.6. The Balaban J connectivity index is 1.31. The van der Waals surface area contributed by atoms with Gasteiger partial charge < -0.3 is 19.9 Å². The first-order valence-corrected chi connectivity index (χ1v) is 14.9. The first-order chi connectivity index (χ1) is 18.1. The monoisotopic (exact) mass is 541 g/mol. The largest absolute Gasteiger partial charge is 0.483 e. The van der Waals surface area contributed by atoms with Crippen molar-refractivity contribution in [1.82, 2.24) is 15.1 Å². The van der Waals surface area contributed by atoms with E-state index < -0.39 is 9.84 Å². The number of carbonyl (C=O) groups excluding carboxylic acids is 3. The lowest BCUT2D eigenvalue weighted by Crippen LogP contribution is -2.50. The molecule has 0 unspecified atom stereocenters. The van der Waals surface area contributed by atoms with E-state index in [0.717, 1.165) is 37.5 Å². The zero-order chi connectivity index (χ0) is 27.3. The predicted octanol–water partition coefficient (Wildman–Crippen LogP) is 2.44. The minimum Gasteiger partial charge on any atom is -0.483 e. The molecule has 10 heteroatoms. The molecule has 0 aromatic heterocycles. The third kappa shape index (κ3) is 7.12. The molecule has 0 radical (unpaired) electrons. The number of ether oxygens (including phenoxy) is 1. The van der Waals surface area contributed by atoms with Gasteiger partial charge in [0.2, 0.25) is 5.91 Å². The van der Waals surface area contributed by atoms with Gasteiger partial charge in [-0.2, -0.15) is 0 Å². The molecule has 1 N–H and O–H groups in total. The van der Waals surface area contributed by atoms with Gasteiger partial charge in [-0.1, -0.05) is 24.3 Å². The lowest BCUT2D eigenvalue weighted by atomic mass is 10.0. The quantitative estimate of drug-likeness (QED) is 0.494. The van der Waals surface area contributed by atoms with Crippen LogP contribution in [0.1, 0.15) is 48.5 Å². The van der Waals surface area contributed by atoms with Gasteiger partial charge >= 0.3 is 0 Å².